The highest BCUT2D eigenvalue weighted by atomic mass is 15.2. The molecule has 0 radical (unpaired) electrons. The molecule has 2 aromatic rings. The molecule has 1 aliphatic carbocycles. The second-order valence-electron chi connectivity index (χ2n) is 5.63. The zero-order valence-electron chi connectivity index (χ0n) is 13.0. The molecule has 1 heterocycles. The molecule has 5 nitrogen and oxygen atoms in total. The molecule has 0 aliphatic heterocycles. The van der Waals surface area contributed by atoms with Gasteiger partial charge in [0, 0.05) is 13.1 Å². The lowest BCUT2D eigenvalue weighted by Crippen LogP contribution is -2.38. The maximum absolute atomic E-state index is 4.59. The topological polar surface area (TPSA) is 65.1 Å². The van der Waals surface area contributed by atoms with Gasteiger partial charge in [0.05, 0.1) is 11.9 Å². The van der Waals surface area contributed by atoms with Crippen LogP contribution in [0, 0.1) is 5.92 Å². The molecule has 0 atom stereocenters. The number of aromatic amines is 1. The molecule has 0 amide bonds. The summed E-state index contributed by atoms with van der Waals surface area (Å²) in [5.74, 6) is 2.58. The van der Waals surface area contributed by atoms with E-state index in [-0.39, 0.29) is 0 Å². The van der Waals surface area contributed by atoms with E-state index < -0.39 is 0 Å². The first kappa shape index (κ1) is 14.6. The highest BCUT2D eigenvalue weighted by molar-refractivity contribution is 5.79. The molecule has 1 aromatic carbocycles. The monoisotopic (exact) mass is 297 g/mol. The van der Waals surface area contributed by atoms with Crippen LogP contribution in [0.25, 0.3) is 11.3 Å². The number of H-pyrrole nitrogens is 1. The molecule has 1 saturated carbocycles. The third-order valence-corrected chi connectivity index (χ3v) is 3.70. The standard InChI is InChI=1S/C17H23N5/c1-2-18-17(20-10-13-8-9-13)21-12-16-19-11-15(22-16)14-6-4-3-5-7-14/h3-7,11,13H,2,8-10,12H2,1H3,(H,19,22)(H2,18,20,21). The van der Waals surface area contributed by atoms with Gasteiger partial charge in [-0.3, -0.25) is 0 Å². The van der Waals surface area contributed by atoms with Crippen molar-refractivity contribution >= 4 is 5.96 Å². The predicted octanol–water partition coefficient (Wildman–Crippen LogP) is 2.54. The fraction of sp³-hybridized carbons (Fsp3) is 0.412. The zero-order valence-corrected chi connectivity index (χ0v) is 13.0. The van der Waals surface area contributed by atoms with Crippen LogP contribution >= 0.6 is 0 Å². The molecule has 3 rings (SSSR count). The maximum Gasteiger partial charge on any atom is 0.191 e. The smallest absolute Gasteiger partial charge is 0.191 e. The molecular weight excluding hydrogens is 274 g/mol. The van der Waals surface area contributed by atoms with Gasteiger partial charge in [0.1, 0.15) is 12.4 Å². The van der Waals surface area contributed by atoms with Crippen LogP contribution in [0.15, 0.2) is 41.5 Å². The fourth-order valence-electron chi connectivity index (χ4n) is 2.27. The number of imidazole rings is 1. The third kappa shape index (κ3) is 4.10. The van der Waals surface area contributed by atoms with Crippen molar-refractivity contribution in [3.8, 4) is 11.3 Å². The van der Waals surface area contributed by atoms with Crippen molar-refractivity contribution in [2.75, 3.05) is 13.1 Å². The summed E-state index contributed by atoms with van der Waals surface area (Å²) in [5.41, 5.74) is 2.17. The van der Waals surface area contributed by atoms with Gasteiger partial charge < -0.3 is 15.6 Å². The van der Waals surface area contributed by atoms with Gasteiger partial charge in [-0.25, -0.2) is 9.98 Å². The molecule has 5 heteroatoms. The summed E-state index contributed by atoms with van der Waals surface area (Å²) < 4.78 is 0. The Hall–Kier alpha value is -2.30. The van der Waals surface area contributed by atoms with Crippen LogP contribution in [-0.4, -0.2) is 29.0 Å². The third-order valence-electron chi connectivity index (χ3n) is 3.70. The molecular formula is C17H23N5. The number of hydrogen-bond donors (Lipinski definition) is 3. The molecule has 0 bridgehead atoms. The van der Waals surface area contributed by atoms with Gasteiger partial charge in [-0.15, -0.1) is 0 Å². The summed E-state index contributed by atoms with van der Waals surface area (Å²) in [6, 6.07) is 10.2. The quantitative estimate of drug-likeness (QED) is 0.567. The van der Waals surface area contributed by atoms with Gasteiger partial charge in [-0.05, 0) is 31.2 Å². The van der Waals surface area contributed by atoms with Crippen LogP contribution < -0.4 is 10.6 Å². The van der Waals surface area contributed by atoms with Crippen LogP contribution in [0.1, 0.15) is 25.6 Å². The molecule has 1 aliphatic rings. The SMILES string of the molecule is CCNC(=NCc1ncc(-c2ccccc2)[nH]1)NCC1CC1. The minimum Gasteiger partial charge on any atom is -0.357 e. The number of guanidine groups is 1. The lowest BCUT2D eigenvalue weighted by atomic mass is 10.2. The average molecular weight is 297 g/mol. The van der Waals surface area contributed by atoms with Gasteiger partial charge >= 0.3 is 0 Å². The second-order valence-corrected chi connectivity index (χ2v) is 5.63. The van der Waals surface area contributed by atoms with E-state index in [1.807, 2.05) is 24.4 Å². The fourth-order valence-corrected chi connectivity index (χ4v) is 2.27. The van der Waals surface area contributed by atoms with Crippen molar-refractivity contribution < 1.29 is 0 Å². The van der Waals surface area contributed by atoms with Crippen molar-refractivity contribution in [2.45, 2.75) is 26.3 Å². The molecule has 116 valence electrons. The molecule has 1 aromatic heterocycles. The van der Waals surface area contributed by atoms with E-state index in [9.17, 15) is 0 Å². The predicted molar refractivity (Wildman–Crippen MR) is 89.6 cm³/mol. The maximum atomic E-state index is 4.59. The number of benzene rings is 1. The van der Waals surface area contributed by atoms with Crippen molar-refractivity contribution in [1.82, 2.24) is 20.6 Å². The largest absolute Gasteiger partial charge is 0.357 e. The Morgan fingerprint density at radius 3 is 2.82 bits per heavy atom. The Balaban J connectivity index is 1.61. The molecule has 1 fully saturated rings. The lowest BCUT2D eigenvalue weighted by molar-refractivity contribution is 0.737. The Morgan fingerprint density at radius 1 is 1.27 bits per heavy atom. The van der Waals surface area contributed by atoms with E-state index in [2.05, 4.69) is 44.7 Å². The van der Waals surface area contributed by atoms with E-state index in [4.69, 9.17) is 0 Å². The summed E-state index contributed by atoms with van der Waals surface area (Å²) in [6.45, 7) is 4.50. The molecule has 22 heavy (non-hydrogen) atoms. The first-order valence-corrected chi connectivity index (χ1v) is 7.96. The summed E-state index contributed by atoms with van der Waals surface area (Å²) in [7, 11) is 0. The minimum absolute atomic E-state index is 0.548. The van der Waals surface area contributed by atoms with Crippen molar-refractivity contribution in [3.63, 3.8) is 0 Å². The summed E-state index contributed by atoms with van der Waals surface area (Å²) >= 11 is 0. The second kappa shape index (κ2) is 7.11. The van der Waals surface area contributed by atoms with Crippen LogP contribution in [0.2, 0.25) is 0 Å². The number of rotatable bonds is 6. The normalized spacial score (nSPS) is 14.9. The zero-order chi connectivity index (χ0) is 15.2. The minimum atomic E-state index is 0.548. The van der Waals surface area contributed by atoms with Crippen molar-refractivity contribution in [2.24, 2.45) is 10.9 Å². The lowest BCUT2D eigenvalue weighted by Gasteiger charge is -2.10. The van der Waals surface area contributed by atoms with E-state index in [1.54, 1.807) is 0 Å². The van der Waals surface area contributed by atoms with Crippen LogP contribution in [-0.2, 0) is 6.54 Å². The summed E-state index contributed by atoms with van der Waals surface area (Å²) in [5, 5.41) is 6.66. The summed E-state index contributed by atoms with van der Waals surface area (Å²) in [4.78, 5) is 12.3. The number of nitrogens with zero attached hydrogens (tertiary/aromatic N) is 2. The van der Waals surface area contributed by atoms with Gasteiger partial charge in [-0.2, -0.15) is 0 Å². The van der Waals surface area contributed by atoms with Gasteiger partial charge in [0.25, 0.3) is 0 Å². The Labute approximate surface area is 131 Å². The van der Waals surface area contributed by atoms with E-state index in [0.29, 0.717) is 6.54 Å². The summed E-state index contributed by atoms with van der Waals surface area (Å²) in [6.07, 6.45) is 4.54. The Kier molecular flexibility index (Phi) is 4.73. The first-order chi connectivity index (χ1) is 10.8. The molecule has 0 unspecified atom stereocenters. The Bertz CT molecular complexity index is 613. The Morgan fingerprint density at radius 2 is 2.09 bits per heavy atom. The first-order valence-electron chi connectivity index (χ1n) is 7.96. The van der Waals surface area contributed by atoms with Gasteiger partial charge in [0.15, 0.2) is 5.96 Å². The van der Waals surface area contributed by atoms with Crippen LogP contribution in [0.5, 0.6) is 0 Å². The highest BCUT2D eigenvalue weighted by Gasteiger charge is 2.21. The van der Waals surface area contributed by atoms with Gasteiger partial charge in [0.2, 0.25) is 0 Å². The molecule has 0 saturated heterocycles. The number of nitrogens with one attached hydrogen (secondary N) is 3. The van der Waals surface area contributed by atoms with E-state index in [1.165, 1.54) is 12.8 Å². The van der Waals surface area contributed by atoms with Crippen molar-refractivity contribution in [1.29, 1.82) is 0 Å². The van der Waals surface area contributed by atoms with E-state index >= 15 is 0 Å². The van der Waals surface area contributed by atoms with Crippen LogP contribution in [0.4, 0.5) is 0 Å². The number of aromatic nitrogens is 2. The number of hydrogen-bond acceptors (Lipinski definition) is 2. The molecule has 3 N–H and O–H groups in total. The average Bonchev–Trinajstić information content (AvgIpc) is 3.27. The molecule has 0 spiro atoms. The van der Waals surface area contributed by atoms with Crippen LogP contribution in [0.3, 0.4) is 0 Å². The van der Waals surface area contributed by atoms with Crippen molar-refractivity contribution in [3.05, 3.63) is 42.4 Å². The highest BCUT2D eigenvalue weighted by Crippen LogP contribution is 2.27. The van der Waals surface area contributed by atoms with Gasteiger partial charge in [-0.1, -0.05) is 30.3 Å². The number of aliphatic imine (C=N–C) groups is 1. The van der Waals surface area contributed by atoms with E-state index in [0.717, 1.165) is 42.0 Å².